The number of fused-ring (bicyclic) bond motifs is 3. The van der Waals surface area contributed by atoms with E-state index in [4.69, 9.17) is 16.7 Å². The highest BCUT2D eigenvalue weighted by Crippen LogP contribution is 2.29. The Morgan fingerprint density at radius 3 is 2.68 bits per heavy atom. The second-order valence-electron chi connectivity index (χ2n) is 5.80. The molecular weight excluding hydrogens is 340 g/mol. The van der Waals surface area contributed by atoms with Crippen LogP contribution in [0.5, 0.6) is 0 Å². The first-order valence-electron chi connectivity index (χ1n) is 7.84. The fourth-order valence-electron chi connectivity index (χ4n) is 3.05. The first-order chi connectivity index (χ1) is 12.1. The first-order valence-corrected chi connectivity index (χ1v) is 8.22. The van der Waals surface area contributed by atoms with Crippen LogP contribution in [-0.4, -0.2) is 30.9 Å². The summed E-state index contributed by atoms with van der Waals surface area (Å²) >= 11 is 5.98. The van der Waals surface area contributed by atoms with Crippen LogP contribution in [0.2, 0.25) is 5.02 Å². The van der Waals surface area contributed by atoms with Crippen LogP contribution in [-0.2, 0) is 6.54 Å². The second-order valence-corrected chi connectivity index (χ2v) is 6.23. The van der Waals surface area contributed by atoms with Gasteiger partial charge in [-0.2, -0.15) is 5.10 Å². The highest BCUT2D eigenvalue weighted by Gasteiger charge is 2.16. The van der Waals surface area contributed by atoms with Gasteiger partial charge in [0.05, 0.1) is 23.2 Å². The van der Waals surface area contributed by atoms with Gasteiger partial charge < -0.3 is 9.67 Å². The zero-order valence-corrected chi connectivity index (χ0v) is 14.2. The molecule has 1 N–H and O–H groups in total. The fourth-order valence-corrected chi connectivity index (χ4v) is 3.18. The van der Waals surface area contributed by atoms with E-state index in [0.717, 1.165) is 16.8 Å². The Balaban J connectivity index is 2.01. The number of aromatic nitrogens is 4. The summed E-state index contributed by atoms with van der Waals surface area (Å²) in [4.78, 5) is 17.0. The number of aryl methyl sites for hydroxylation is 1. The van der Waals surface area contributed by atoms with E-state index in [-0.39, 0.29) is 18.7 Å². The van der Waals surface area contributed by atoms with Crippen LogP contribution in [0.4, 0.5) is 0 Å². The van der Waals surface area contributed by atoms with Gasteiger partial charge in [0.25, 0.3) is 5.56 Å². The first kappa shape index (κ1) is 15.8. The molecule has 0 aliphatic rings. The van der Waals surface area contributed by atoms with Crippen LogP contribution in [0.15, 0.2) is 47.5 Å². The standard InChI is InChI=1S/C18H15ClN4O2/c1-11-16(12-2-4-13(19)5-3-12)17-20-10-14-15(23(17)21-11)6-7-22(8-9-24)18(14)25/h2-7,10,24H,8-9H2,1H3. The van der Waals surface area contributed by atoms with Crippen molar-refractivity contribution in [3.8, 4) is 11.1 Å². The molecule has 0 fully saturated rings. The number of nitrogens with zero attached hydrogens (tertiary/aromatic N) is 4. The van der Waals surface area contributed by atoms with E-state index in [2.05, 4.69) is 10.1 Å². The van der Waals surface area contributed by atoms with Gasteiger partial charge in [-0.1, -0.05) is 23.7 Å². The Kier molecular flexibility index (Phi) is 3.78. The SMILES string of the molecule is Cc1nn2c(ncc3c(=O)n(CCO)ccc32)c1-c1ccc(Cl)cc1. The number of pyridine rings is 1. The zero-order valence-electron chi connectivity index (χ0n) is 13.5. The minimum absolute atomic E-state index is 0.0946. The molecule has 1 aromatic carbocycles. The van der Waals surface area contributed by atoms with Crippen LogP contribution in [0, 0.1) is 6.92 Å². The summed E-state index contributed by atoms with van der Waals surface area (Å²) in [5.41, 5.74) is 3.89. The molecule has 0 aliphatic carbocycles. The summed E-state index contributed by atoms with van der Waals surface area (Å²) in [6.45, 7) is 2.07. The van der Waals surface area contributed by atoms with E-state index in [1.54, 1.807) is 16.9 Å². The maximum atomic E-state index is 12.5. The lowest BCUT2D eigenvalue weighted by atomic mass is 10.1. The van der Waals surface area contributed by atoms with Crippen molar-refractivity contribution < 1.29 is 5.11 Å². The van der Waals surface area contributed by atoms with Gasteiger partial charge in [0.15, 0.2) is 5.65 Å². The molecule has 0 saturated carbocycles. The number of rotatable bonds is 3. The van der Waals surface area contributed by atoms with E-state index in [9.17, 15) is 4.79 Å². The Hall–Kier alpha value is -2.70. The molecule has 0 saturated heterocycles. The number of hydrogen-bond donors (Lipinski definition) is 1. The van der Waals surface area contributed by atoms with Gasteiger partial charge in [-0.3, -0.25) is 4.79 Å². The lowest BCUT2D eigenvalue weighted by Gasteiger charge is -2.06. The molecule has 0 amide bonds. The number of halogens is 1. The molecule has 25 heavy (non-hydrogen) atoms. The molecule has 4 aromatic rings. The highest BCUT2D eigenvalue weighted by molar-refractivity contribution is 6.30. The molecule has 126 valence electrons. The van der Waals surface area contributed by atoms with Crippen LogP contribution in [0.25, 0.3) is 27.7 Å². The number of benzene rings is 1. The summed E-state index contributed by atoms with van der Waals surface area (Å²) in [5, 5.41) is 14.8. The largest absolute Gasteiger partial charge is 0.395 e. The summed E-state index contributed by atoms with van der Waals surface area (Å²) in [6, 6.07) is 9.33. The summed E-state index contributed by atoms with van der Waals surface area (Å²) in [6.07, 6.45) is 3.24. The van der Waals surface area contributed by atoms with Crippen LogP contribution < -0.4 is 5.56 Å². The third-order valence-electron chi connectivity index (χ3n) is 4.23. The van der Waals surface area contributed by atoms with E-state index in [1.165, 1.54) is 4.57 Å². The number of aliphatic hydroxyl groups is 1. The molecule has 0 spiro atoms. The van der Waals surface area contributed by atoms with Crippen molar-refractivity contribution in [2.75, 3.05) is 6.61 Å². The lowest BCUT2D eigenvalue weighted by molar-refractivity contribution is 0.274. The molecule has 0 aliphatic heterocycles. The molecule has 3 heterocycles. The monoisotopic (exact) mass is 354 g/mol. The average molecular weight is 355 g/mol. The molecule has 7 heteroatoms. The van der Waals surface area contributed by atoms with Gasteiger partial charge in [-0.05, 0) is 30.7 Å². The maximum absolute atomic E-state index is 12.5. The Bertz CT molecular complexity index is 1150. The molecule has 6 nitrogen and oxygen atoms in total. The predicted octanol–water partition coefficient (Wildman–Crippen LogP) is 2.67. The minimum atomic E-state index is -0.192. The predicted molar refractivity (Wildman–Crippen MR) is 97.0 cm³/mol. The van der Waals surface area contributed by atoms with Crippen molar-refractivity contribution in [1.29, 1.82) is 0 Å². The molecule has 0 radical (unpaired) electrons. The van der Waals surface area contributed by atoms with E-state index in [0.29, 0.717) is 21.6 Å². The van der Waals surface area contributed by atoms with Gasteiger partial charge in [-0.15, -0.1) is 0 Å². The van der Waals surface area contributed by atoms with Crippen molar-refractivity contribution in [3.63, 3.8) is 0 Å². The second kappa shape index (κ2) is 5.98. The van der Waals surface area contributed by atoms with Crippen molar-refractivity contribution in [2.45, 2.75) is 13.5 Å². The number of aliphatic hydroxyl groups excluding tert-OH is 1. The molecular formula is C18H15ClN4O2. The summed E-state index contributed by atoms with van der Waals surface area (Å²) in [5.74, 6) is 0. The van der Waals surface area contributed by atoms with Crippen LogP contribution in [0.1, 0.15) is 5.69 Å². The Morgan fingerprint density at radius 2 is 1.96 bits per heavy atom. The smallest absolute Gasteiger partial charge is 0.261 e. The quantitative estimate of drug-likeness (QED) is 0.614. The molecule has 3 aromatic heterocycles. The van der Waals surface area contributed by atoms with Crippen LogP contribution in [0.3, 0.4) is 0 Å². The summed E-state index contributed by atoms with van der Waals surface area (Å²) < 4.78 is 3.16. The van der Waals surface area contributed by atoms with Crippen molar-refractivity contribution in [1.82, 2.24) is 19.2 Å². The molecule has 0 unspecified atom stereocenters. The zero-order chi connectivity index (χ0) is 17.6. The molecule has 0 atom stereocenters. The fraction of sp³-hybridized carbons (Fsp3) is 0.167. The Morgan fingerprint density at radius 1 is 1.20 bits per heavy atom. The summed E-state index contributed by atoms with van der Waals surface area (Å²) in [7, 11) is 0. The highest BCUT2D eigenvalue weighted by atomic mass is 35.5. The lowest BCUT2D eigenvalue weighted by Crippen LogP contribution is -2.21. The third kappa shape index (κ3) is 2.50. The van der Waals surface area contributed by atoms with Gasteiger partial charge >= 0.3 is 0 Å². The number of hydrogen-bond acceptors (Lipinski definition) is 4. The third-order valence-corrected chi connectivity index (χ3v) is 4.49. The van der Waals surface area contributed by atoms with E-state index in [1.807, 2.05) is 37.3 Å². The topological polar surface area (TPSA) is 72.4 Å². The van der Waals surface area contributed by atoms with Gasteiger partial charge in [0.1, 0.15) is 0 Å². The van der Waals surface area contributed by atoms with Gasteiger partial charge in [0.2, 0.25) is 0 Å². The molecule has 0 bridgehead atoms. The average Bonchev–Trinajstić information content (AvgIpc) is 2.94. The van der Waals surface area contributed by atoms with Gasteiger partial charge in [-0.25, -0.2) is 9.50 Å². The normalized spacial score (nSPS) is 11.5. The van der Waals surface area contributed by atoms with Gasteiger partial charge in [0, 0.05) is 29.5 Å². The van der Waals surface area contributed by atoms with Crippen molar-refractivity contribution in [3.05, 3.63) is 63.8 Å². The maximum Gasteiger partial charge on any atom is 0.261 e. The van der Waals surface area contributed by atoms with E-state index >= 15 is 0 Å². The van der Waals surface area contributed by atoms with Crippen molar-refractivity contribution in [2.24, 2.45) is 0 Å². The van der Waals surface area contributed by atoms with Crippen molar-refractivity contribution >= 4 is 28.2 Å². The molecule has 4 rings (SSSR count). The Labute approximate surface area is 147 Å². The minimum Gasteiger partial charge on any atom is -0.395 e. The van der Waals surface area contributed by atoms with E-state index < -0.39 is 0 Å². The van der Waals surface area contributed by atoms with Crippen LogP contribution >= 0.6 is 11.6 Å².